The Bertz CT molecular complexity index is 1710. The minimum atomic E-state index is -0.846. The summed E-state index contributed by atoms with van der Waals surface area (Å²) in [5, 5.41) is 11.8. The Morgan fingerprint density at radius 1 is 1.32 bits per heavy atom. The van der Waals surface area contributed by atoms with Gasteiger partial charge in [-0.1, -0.05) is 17.4 Å². The Morgan fingerprint density at radius 3 is 2.71 bits per heavy atom. The van der Waals surface area contributed by atoms with Gasteiger partial charge in [-0.15, -0.1) is 0 Å². The third kappa shape index (κ3) is 4.37. The molecular weight excluding hydrogens is 582 g/mol. The van der Waals surface area contributed by atoms with Gasteiger partial charge in [0.05, 0.1) is 56.6 Å². The largest absolute Gasteiger partial charge is 0.496 e. The zero-order valence-corrected chi connectivity index (χ0v) is 22.8. The van der Waals surface area contributed by atoms with Crippen molar-refractivity contribution in [1.82, 2.24) is 4.57 Å². The number of thiazole rings is 1. The number of ether oxygens (including phenoxy) is 4. The van der Waals surface area contributed by atoms with Crippen molar-refractivity contribution in [2.45, 2.75) is 19.9 Å². The average molecular weight is 602 g/mol. The maximum absolute atomic E-state index is 13.8. The Hall–Kier alpha value is -3.97. The molecular formula is C25H20BrN3O8S. The number of hydrogen-bond acceptors (Lipinski definition) is 10. The van der Waals surface area contributed by atoms with Crippen LogP contribution in [0.3, 0.4) is 0 Å². The van der Waals surface area contributed by atoms with Crippen molar-refractivity contribution in [3.63, 3.8) is 0 Å². The molecule has 0 fully saturated rings. The van der Waals surface area contributed by atoms with E-state index in [1.807, 2.05) is 0 Å². The predicted octanol–water partition coefficient (Wildman–Crippen LogP) is 3.21. The van der Waals surface area contributed by atoms with Gasteiger partial charge >= 0.3 is 5.97 Å². The topological polar surface area (TPSA) is 131 Å². The lowest BCUT2D eigenvalue weighted by Crippen LogP contribution is -2.40. The highest BCUT2D eigenvalue weighted by Crippen LogP contribution is 2.38. The van der Waals surface area contributed by atoms with Crippen LogP contribution in [0, 0.1) is 10.1 Å². The first-order valence-corrected chi connectivity index (χ1v) is 13.0. The van der Waals surface area contributed by atoms with Crippen LogP contribution in [-0.2, 0) is 9.53 Å². The number of benzene rings is 2. The molecule has 0 saturated heterocycles. The number of hydrogen-bond donors (Lipinski definition) is 0. The van der Waals surface area contributed by atoms with Crippen LogP contribution in [0.15, 0.2) is 55.9 Å². The second kappa shape index (κ2) is 10.1. The number of aromatic nitrogens is 1. The summed E-state index contributed by atoms with van der Waals surface area (Å²) >= 11 is 4.54. The van der Waals surface area contributed by atoms with Gasteiger partial charge in [0.1, 0.15) is 5.75 Å². The van der Waals surface area contributed by atoms with Gasteiger partial charge in [0.15, 0.2) is 16.3 Å². The van der Waals surface area contributed by atoms with Crippen molar-refractivity contribution >= 4 is 45.0 Å². The van der Waals surface area contributed by atoms with Gasteiger partial charge < -0.3 is 18.9 Å². The number of nitro groups is 1. The van der Waals surface area contributed by atoms with Gasteiger partial charge in [-0.05, 0) is 59.6 Å². The van der Waals surface area contributed by atoms with E-state index in [2.05, 4.69) is 20.9 Å². The average Bonchev–Trinajstić information content (AvgIpc) is 3.46. The number of nitro benzene ring substituents is 1. The number of carbonyl (C=O) groups excluding carboxylic acids is 1. The summed E-state index contributed by atoms with van der Waals surface area (Å²) in [6, 6.07) is 7.13. The first-order chi connectivity index (χ1) is 18.2. The molecule has 196 valence electrons. The van der Waals surface area contributed by atoms with Crippen LogP contribution in [0.1, 0.15) is 31.0 Å². The number of halogens is 1. The molecule has 38 heavy (non-hydrogen) atoms. The molecule has 1 atom stereocenters. The molecule has 2 aliphatic rings. The van der Waals surface area contributed by atoms with Crippen LogP contribution in [0.2, 0.25) is 0 Å². The maximum atomic E-state index is 13.8. The van der Waals surface area contributed by atoms with E-state index in [4.69, 9.17) is 18.9 Å². The zero-order chi connectivity index (χ0) is 27.1. The molecule has 2 aliphatic heterocycles. The van der Waals surface area contributed by atoms with Gasteiger partial charge in [-0.3, -0.25) is 19.5 Å². The van der Waals surface area contributed by atoms with Crippen molar-refractivity contribution in [2.24, 2.45) is 4.99 Å². The first kappa shape index (κ1) is 25.7. The van der Waals surface area contributed by atoms with Crippen LogP contribution in [-0.4, -0.2) is 36.0 Å². The number of esters is 1. The highest BCUT2D eigenvalue weighted by molar-refractivity contribution is 9.10. The van der Waals surface area contributed by atoms with Gasteiger partial charge in [0, 0.05) is 0 Å². The lowest BCUT2D eigenvalue weighted by molar-refractivity contribution is -0.385. The molecule has 0 aliphatic carbocycles. The van der Waals surface area contributed by atoms with Gasteiger partial charge in [-0.2, -0.15) is 0 Å². The lowest BCUT2D eigenvalue weighted by atomic mass is 9.96. The van der Waals surface area contributed by atoms with E-state index in [-0.39, 0.29) is 40.5 Å². The second-order valence-corrected chi connectivity index (χ2v) is 10.1. The maximum Gasteiger partial charge on any atom is 0.338 e. The number of fused-ring (bicyclic) bond motifs is 2. The molecule has 2 aromatic carbocycles. The molecule has 5 rings (SSSR count). The Balaban J connectivity index is 1.74. The first-order valence-electron chi connectivity index (χ1n) is 11.3. The minimum absolute atomic E-state index is 0.0501. The SMILES string of the molecule is CCOC(=O)C1=C(C)N=c2s/c(=C/c3cc4c(cc3[N+](=O)[O-])OCO4)c(=O)n2[C@@H]1c1ccc(OC)c(Br)c1. The van der Waals surface area contributed by atoms with E-state index < -0.39 is 22.5 Å². The van der Waals surface area contributed by atoms with Crippen molar-refractivity contribution in [1.29, 1.82) is 0 Å². The minimum Gasteiger partial charge on any atom is -0.496 e. The second-order valence-electron chi connectivity index (χ2n) is 8.22. The highest BCUT2D eigenvalue weighted by Gasteiger charge is 2.34. The highest BCUT2D eigenvalue weighted by atomic mass is 79.9. The molecule has 1 aromatic heterocycles. The lowest BCUT2D eigenvalue weighted by Gasteiger charge is -2.25. The third-order valence-electron chi connectivity index (χ3n) is 6.01. The van der Waals surface area contributed by atoms with Gasteiger partial charge in [0.2, 0.25) is 6.79 Å². The van der Waals surface area contributed by atoms with Crippen LogP contribution in [0.4, 0.5) is 5.69 Å². The van der Waals surface area contributed by atoms with Crippen molar-refractivity contribution in [2.75, 3.05) is 20.5 Å². The van der Waals surface area contributed by atoms with Gasteiger partial charge in [-0.25, -0.2) is 9.79 Å². The van der Waals surface area contributed by atoms with Crippen LogP contribution < -0.4 is 29.1 Å². The predicted molar refractivity (Wildman–Crippen MR) is 140 cm³/mol. The fourth-order valence-electron chi connectivity index (χ4n) is 4.32. The number of carbonyl (C=O) groups is 1. The molecule has 13 heteroatoms. The summed E-state index contributed by atoms with van der Waals surface area (Å²) < 4.78 is 23.5. The van der Waals surface area contributed by atoms with E-state index in [9.17, 15) is 19.7 Å². The summed E-state index contributed by atoms with van der Waals surface area (Å²) in [7, 11) is 1.53. The summed E-state index contributed by atoms with van der Waals surface area (Å²) in [5.41, 5.74) is 0.719. The van der Waals surface area contributed by atoms with E-state index >= 15 is 0 Å². The molecule has 0 spiro atoms. The Kier molecular flexibility index (Phi) is 6.80. The Morgan fingerprint density at radius 2 is 2.05 bits per heavy atom. The van der Waals surface area contributed by atoms with Crippen molar-refractivity contribution < 1.29 is 28.7 Å². The molecule has 3 aromatic rings. The van der Waals surface area contributed by atoms with Crippen LogP contribution >= 0.6 is 27.3 Å². The fraction of sp³-hybridized carbons (Fsp3) is 0.240. The molecule has 0 radical (unpaired) electrons. The molecule has 0 unspecified atom stereocenters. The van der Waals surface area contributed by atoms with E-state index in [1.54, 1.807) is 32.0 Å². The summed E-state index contributed by atoms with van der Waals surface area (Å²) in [6.07, 6.45) is 1.42. The summed E-state index contributed by atoms with van der Waals surface area (Å²) in [6.45, 7) is 3.47. The van der Waals surface area contributed by atoms with Crippen LogP contribution in [0.25, 0.3) is 6.08 Å². The van der Waals surface area contributed by atoms with E-state index in [0.717, 1.165) is 11.3 Å². The molecule has 11 nitrogen and oxygen atoms in total. The monoisotopic (exact) mass is 601 g/mol. The summed E-state index contributed by atoms with van der Waals surface area (Å²) in [5.74, 6) is 0.590. The molecule has 0 saturated carbocycles. The molecule has 0 N–H and O–H groups in total. The zero-order valence-electron chi connectivity index (χ0n) is 20.3. The van der Waals surface area contributed by atoms with E-state index in [0.29, 0.717) is 32.0 Å². The standard InChI is InChI=1S/C25H20BrN3O8S/c1-4-35-24(31)21-12(2)27-25-28(22(21)13-5-6-17(34-3)15(26)7-13)23(30)20(38-25)9-14-8-18-19(37-11-36-18)10-16(14)29(32)33/h5-10,22H,4,11H2,1-3H3/b20-9+/t22-/m1/s1. The summed E-state index contributed by atoms with van der Waals surface area (Å²) in [4.78, 5) is 42.9. The quantitative estimate of drug-likeness (QED) is 0.239. The number of methoxy groups -OCH3 is 1. The van der Waals surface area contributed by atoms with Crippen molar-refractivity contribution in [3.05, 3.63) is 87.0 Å². The molecule has 0 bridgehead atoms. The van der Waals surface area contributed by atoms with Gasteiger partial charge in [0.25, 0.3) is 11.2 Å². The fourth-order valence-corrected chi connectivity index (χ4v) is 5.92. The third-order valence-corrected chi connectivity index (χ3v) is 7.62. The Labute approximate surface area is 227 Å². The number of rotatable bonds is 6. The number of allylic oxidation sites excluding steroid dienone is 1. The van der Waals surface area contributed by atoms with Crippen LogP contribution in [0.5, 0.6) is 17.2 Å². The van der Waals surface area contributed by atoms with E-state index in [1.165, 1.54) is 29.9 Å². The van der Waals surface area contributed by atoms with Crippen molar-refractivity contribution in [3.8, 4) is 17.2 Å². The normalized spacial score (nSPS) is 16.2. The number of nitrogens with zero attached hydrogens (tertiary/aromatic N) is 3. The smallest absolute Gasteiger partial charge is 0.338 e. The molecule has 3 heterocycles. The molecule has 0 amide bonds.